The van der Waals surface area contributed by atoms with E-state index < -0.39 is 0 Å². The van der Waals surface area contributed by atoms with E-state index in [1.54, 1.807) is 47.4 Å². The number of hydrogen-bond acceptors (Lipinski definition) is 4. The molecule has 142 valence electrons. The van der Waals surface area contributed by atoms with Crippen LogP contribution in [0.15, 0.2) is 53.6 Å². The average Bonchev–Trinajstić information content (AvgIpc) is 3.10. The molecule has 0 radical (unpaired) electrons. The molecule has 1 aliphatic rings. The lowest BCUT2D eigenvalue weighted by Crippen LogP contribution is -2.28. The summed E-state index contributed by atoms with van der Waals surface area (Å²) in [6.07, 6.45) is 2.76. The molecule has 8 heteroatoms. The van der Waals surface area contributed by atoms with Gasteiger partial charge in [-0.3, -0.25) is 19.0 Å². The molecule has 28 heavy (non-hydrogen) atoms. The summed E-state index contributed by atoms with van der Waals surface area (Å²) in [5.74, 6) is -0.233. The van der Waals surface area contributed by atoms with E-state index in [1.807, 2.05) is 0 Å². The Morgan fingerprint density at radius 1 is 1.14 bits per heavy atom. The Labute approximate surface area is 165 Å². The summed E-state index contributed by atoms with van der Waals surface area (Å²) in [6.45, 7) is 0.560. The number of carbonyl (C=O) groups excluding carboxylic acids is 2. The number of halogens is 1. The molecule has 2 aromatic carbocycles. The number of hydrogen-bond donors (Lipinski definition) is 1. The van der Waals surface area contributed by atoms with Crippen molar-refractivity contribution in [2.24, 2.45) is 0 Å². The molecular weight excluding hydrogens is 380 g/mol. The monoisotopic (exact) mass is 396 g/mol. The van der Waals surface area contributed by atoms with Gasteiger partial charge in [0.1, 0.15) is 6.54 Å². The number of nitrogens with zero attached hydrogens (tertiary/aromatic N) is 3. The van der Waals surface area contributed by atoms with Gasteiger partial charge in [-0.25, -0.2) is 4.98 Å². The van der Waals surface area contributed by atoms with E-state index in [-0.39, 0.29) is 23.9 Å². The Morgan fingerprint density at radius 2 is 1.93 bits per heavy atom. The molecule has 2 amide bonds. The predicted octanol–water partition coefficient (Wildman–Crippen LogP) is 2.82. The lowest BCUT2D eigenvalue weighted by molar-refractivity contribution is -0.117. The highest BCUT2D eigenvalue weighted by Gasteiger charge is 2.21. The topological polar surface area (TPSA) is 84.3 Å². The Kier molecular flexibility index (Phi) is 4.83. The van der Waals surface area contributed by atoms with Crippen LogP contribution < -0.4 is 15.8 Å². The maximum Gasteiger partial charge on any atom is 0.261 e. The van der Waals surface area contributed by atoms with E-state index >= 15 is 0 Å². The van der Waals surface area contributed by atoms with Crippen LogP contribution in [0.1, 0.15) is 12.8 Å². The first-order valence-corrected chi connectivity index (χ1v) is 9.24. The summed E-state index contributed by atoms with van der Waals surface area (Å²) < 4.78 is 1.25. The van der Waals surface area contributed by atoms with Crippen molar-refractivity contribution in [1.29, 1.82) is 0 Å². The Hall–Kier alpha value is -3.19. The SMILES string of the molecule is O=C(Cn1cnc2cc(Cl)ccc2c1=O)Nc1ccc(N2CCCC2=O)cc1. The molecule has 0 spiro atoms. The third-order valence-corrected chi connectivity index (χ3v) is 4.87. The van der Waals surface area contributed by atoms with Gasteiger partial charge in [0.2, 0.25) is 11.8 Å². The summed E-state index contributed by atoms with van der Waals surface area (Å²) in [7, 11) is 0. The zero-order valence-corrected chi connectivity index (χ0v) is 15.6. The average molecular weight is 397 g/mol. The van der Waals surface area contributed by atoms with Crippen molar-refractivity contribution in [1.82, 2.24) is 9.55 Å². The van der Waals surface area contributed by atoms with Crippen molar-refractivity contribution in [3.8, 4) is 0 Å². The second kappa shape index (κ2) is 7.44. The lowest BCUT2D eigenvalue weighted by atomic mass is 10.2. The molecule has 0 atom stereocenters. The molecule has 3 aromatic rings. The molecule has 0 aliphatic carbocycles. The van der Waals surface area contributed by atoms with Gasteiger partial charge in [0.25, 0.3) is 5.56 Å². The molecule has 0 saturated carbocycles. The van der Waals surface area contributed by atoms with E-state index in [1.165, 1.54) is 10.9 Å². The van der Waals surface area contributed by atoms with Gasteiger partial charge in [-0.2, -0.15) is 0 Å². The Bertz CT molecular complexity index is 1120. The van der Waals surface area contributed by atoms with Crippen molar-refractivity contribution in [2.45, 2.75) is 19.4 Å². The summed E-state index contributed by atoms with van der Waals surface area (Å²) in [5, 5.41) is 3.65. The zero-order chi connectivity index (χ0) is 19.7. The Morgan fingerprint density at radius 3 is 2.64 bits per heavy atom. The fourth-order valence-corrected chi connectivity index (χ4v) is 3.41. The molecule has 0 bridgehead atoms. The van der Waals surface area contributed by atoms with Gasteiger partial charge in [-0.05, 0) is 48.9 Å². The molecule has 4 rings (SSSR count). The maximum atomic E-state index is 12.5. The number of anilines is 2. The molecule has 1 N–H and O–H groups in total. The predicted molar refractivity (Wildman–Crippen MR) is 108 cm³/mol. The fourth-order valence-electron chi connectivity index (χ4n) is 3.25. The van der Waals surface area contributed by atoms with Crippen molar-refractivity contribution < 1.29 is 9.59 Å². The number of benzene rings is 2. The standard InChI is InChI=1S/C20H17ClN4O3/c21-13-3-8-16-17(10-13)22-12-24(20(16)28)11-18(26)23-14-4-6-15(7-5-14)25-9-1-2-19(25)27/h3-8,10,12H,1-2,9,11H2,(H,23,26). The van der Waals surface area contributed by atoms with Crippen LogP contribution in [0.25, 0.3) is 10.9 Å². The van der Waals surface area contributed by atoms with Crippen molar-refractivity contribution >= 4 is 45.7 Å². The number of aromatic nitrogens is 2. The first kappa shape index (κ1) is 18.2. The quantitative estimate of drug-likeness (QED) is 0.735. The molecular formula is C20H17ClN4O3. The van der Waals surface area contributed by atoms with Crippen LogP contribution in [0.4, 0.5) is 11.4 Å². The van der Waals surface area contributed by atoms with Crippen molar-refractivity contribution in [3.05, 3.63) is 64.2 Å². The minimum Gasteiger partial charge on any atom is -0.325 e. The van der Waals surface area contributed by atoms with Gasteiger partial charge >= 0.3 is 0 Å². The summed E-state index contributed by atoms with van der Waals surface area (Å²) >= 11 is 5.91. The third kappa shape index (κ3) is 3.61. The minimum absolute atomic E-state index is 0.112. The van der Waals surface area contributed by atoms with E-state index in [9.17, 15) is 14.4 Å². The largest absolute Gasteiger partial charge is 0.325 e. The highest BCUT2D eigenvalue weighted by molar-refractivity contribution is 6.31. The molecule has 7 nitrogen and oxygen atoms in total. The normalized spacial score (nSPS) is 13.9. The van der Waals surface area contributed by atoms with Crippen molar-refractivity contribution in [3.63, 3.8) is 0 Å². The smallest absolute Gasteiger partial charge is 0.261 e. The van der Waals surface area contributed by atoms with Gasteiger partial charge < -0.3 is 10.2 Å². The van der Waals surface area contributed by atoms with E-state index in [2.05, 4.69) is 10.3 Å². The molecule has 1 aromatic heterocycles. The first-order valence-electron chi connectivity index (χ1n) is 8.86. The van der Waals surface area contributed by atoms with Gasteiger partial charge in [0.15, 0.2) is 0 Å². The van der Waals surface area contributed by atoms with E-state index in [0.29, 0.717) is 34.6 Å². The van der Waals surface area contributed by atoms with Crippen LogP contribution in [0.5, 0.6) is 0 Å². The summed E-state index contributed by atoms with van der Waals surface area (Å²) in [4.78, 5) is 42.6. The summed E-state index contributed by atoms with van der Waals surface area (Å²) in [6, 6.07) is 11.9. The summed E-state index contributed by atoms with van der Waals surface area (Å²) in [5.41, 5.74) is 1.59. The zero-order valence-electron chi connectivity index (χ0n) is 14.9. The first-order chi connectivity index (χ1) is 13.5. The van der Waals surface area contributed by atoms with Crippen LogP contribution in [-0.4, -0.2) is 27.9 Å². The van der Waals surface area contributed by atoms with Crippen LogP contribution in [0, 0.1) is 0 Å². The Balaban J connectivity index is 1.46. The minimum atomic E-state index is -0.345. The number of nitrogens with one attached hydrogen (secondary N) is 1. The second-order valence-corrected chi connectivity index (χ2v) is 7.02. The second-order valence-electron chi connectivity index (χ2n) is 6.58. The lowest BCUT2D eigenvalue weighted by Gasteiger charge is -2.16. The van der Waals surface area contributed by atoms with Crippen molar-refractivity contribution in [2.75, 3.05) is 16.8 Å². The van der Waals surface area contributed by atoms with E-state index in [4.69, 9.17) is 11.6 Å². The van der Waals surface area contributed by atoms with Crippen LogP contribution in [0.3, 0.4) is 0 Å². The highest BCUT2D eigenvalue weighted by atomic mass is 35.5. The fraction of sp³-hybridized carbons (Fsp3) is 0.200. The molecule has 1 aliphatic heterocycles. The van der Waals surface area contributed by atoms with Gasteiger partial charge in [-0.15, -0.1) is 0 Å². The molecule has 1 saturated heterocycles. The highest BCUT2D eigenvalue weighted by Crippen LogP contribution is 2.23. The number of rotatable bonds is 4. The number of fused-ring (bicyclic) bond motifs is 1. The van der Waals surface area contributed by atoms with Gasteiger partial charge in [0, 0.05) is 29.4 Å². The number of carbonyl (C=O) groups is 2. The van der Waals surface area contributed by atoms with Crippen LogP contribution in [-0.2, 0) is 16.1 Å². The van der Waals surface area contributed by atoms with Gasteiger partial charge in [0.05, 0.1) is 17.2 Å². The molecule has 1 fully saturated rings. The molecule has 2 heterocycles. The van der Waals surface area contributed by atoms with Crippen LogP contribution in [0.2, 0.25) is 5.02 Å². The maximum absolute atomic E-state index is 12.5. The third-order valence-electron chi connectivity index (χ3n) is 4.64. The van der Waals surface area contributed by atoms with E-state index in [0.717, 1.165) is 12.1 Å². The van der Waals surface area contributed by atoms with Crippen LogP contribution >= 0.6 is 11.6 Å². The molecule has 0 unspecified atom stereocenters. The number of amides is 2. The van der Waals surface area contributed by atoms with Gasteiger partial charge in [-0.1, -0.05) is 11.6 Å².